The number of nitrogens with zero attached hydrogens (tertiary/aromatic N) is 3. The molecular weight excluding hydrogens is 504 g/mol. The van der Waals surface area contributed by atoms with Crippen molar-refractivity contribution >= 4 is 17.5 Å². The maximum absolute atomic E-state index is 13.4. The van der Waals surface area contributed by atoms with Crippen molar-refractivity contribution in [2.24, 2.45) is 0 Å². The standard InChI is InChI=1S/C32H34N4O4/c1-19-27(20-6-8-21(9-7-20)31(38)36-17-25-10-11-26(18-36)40-25)14-24(16-34-19)35-30(37)28-13-23(32(2,3)4)12-22(15-33)29(28)39-5/h6-9,12-14,16,25-26H,10-11,17-18H2,1-5H3,(H,35,37). The Morgan fingerprint density at radius 3 is 2.38 bits per heavy atom. The van der Waals surface area contributed by atoms with Gasteiger partial charge in [-0.25, -0.2) is 0 Å². The zero-order chi connectivity index (χ0) is 28.6. The molecule has 1 N–H and O–H groups in total. The maximum Gasteiger partial charge on any atom is 0.259 e. The predicted octanol–water partition coefficient (Wildman–Crippen LogP) is 5.49. The van der Waals surface area contributed by atoms with E-state index in [1.807, 2.05) is 62.9 Å². The molecule has 3 heterocycles. The third-order valence-corrected chi connectivity index (χ3v) is 7.64. The van der Waals surface area contributed by atoms with E-state index in [-0.39, 0.29) is 34.8 Å². The van der Waals surface area contributed by atoms with Gasteiger partial charge < -0.3 is 19.7 Å². The van der Waals surface area contributed by atoms with Gasteiger partial charge in [0.25, 0.3) is 11.8 Å². The van der Waals surface area contributed by atoms with Gasteiger partial charge in [-0.15, -0.1) is 0 Å². The molecule has 8 nitrogen and oxygen atoms in total. The number of hydrogen-bond acceptors (Lipinski definition) is 6. The van der Waals surface area contributed by atoms with Crippen LogP contribution in [0.1, 0.15) is 71.1 Å². The van der Waals surface area contributed by atoms with Gasteiger partial charge in [-0.1, -0.05) is 32.9 Å². The van der Waals surface area contributed by atoms with Crippen LogP contribution in [0.5, 0.6) is 5.75 Å². The number of morpholine rings is 1. The second-order valence-corrected chi connectivity index (χ2v) is 11.5. The Kier molecular flexibility index (Phi) is 7.35. The number of carbonyl (C=O) groups is 2. The summed E-state index contributed by atoms with van der Waals surface area (Å²) in [5, 5.41) is 12.6. The Bertz CT molecular complexity index is 1490. The molecule has 2 bridgehead atoms. The number of pyridine rings is 1. The van der Waals surface area contributed by atoms with Gasteiger partial charge in [0.15, 0.2) is 0 Å². The summed E-state index contributed by atoms with van der Waals surface area (Å²) in [5.41, 5.74) is 4.86. The molecule has 0 saturated carbocycles. The molecule has 2 aliphatic heterocycles. The molecule has 0 radical (unpaired) electrons. The summed E-state index contributed by atoms with van der Waals surface area (Å²) in [7, 11) is 1.45. The van der Waals surface area contributed by atoms with E-state index in [1.54, 1.807) is 18.3 Å². The van der Waals surface area contributed by atoms with E-state index < -0.39 is 5.91 Å². The number of aromatic nitrogens is 1. The Morgan fingerprint density at radius 2 is 1.77 bits per heavy atom. The number of methoxy groups -OCH3 is 1. The van der Waals surface area contributed by atoms with Crippen molar-refractivity contribution in [3.63, 3.8) is 0 Å². The molecular formula is C32H34N4O4. The summed E-state index contributed by atoms with van der Waals surface area (Å²) in [4.78, 5) is 32.9. The first-order chi connectivity index (χ1) is 19.1. The number of likely N-dealkylation sites (tertiary alicyclic amines) is 1. The minimum absolute atomic E-state index is 0.0192. The predicted molar refractivity (Wildman–Crippen MR) is 153 cm³/mol. The minimum Gasteiger partial charge on any atom is -0.495 e. The molecule has 5 rings (SSSR count). The van der Waals surface area contributed by atoms with E-state index in [4.69, 9.17) is 9.47 Å². The van der Waals surface area contributed by atoms with Gasteiger partial charge in [0.05, 0.1) is 42.3 Å². The van der Waals surface area contributed by atoms with Crippen LogP contribution in [0.25, 0.3) is 11.1 Å². The average molecular weight is 539 g/mol. The van der Waals surface area contributed by atoms with E-state index in [2.05, 4.69) is 16.4 Å². The van der Waals surface area contributed by atoms with Crippen LogP contribution in [0.3, 0.4) is 0 Å². The van der Waals surface area contributed by atoms with Gasteiger partial charge in [-0.2, -0.15) is 5.26 Å². The van der Waals surface area contributed by atoms with Gasteiger partial charge in [0, 0.05) is 29.9 Å². The number of nitriles is 1. The number of nitrogens with one attached hydrogen (secondary N) is 1. The van der Waals surface area contributed by atoms with E-state index in [9.17, 15) is 14.9 Å². The monoisotopic (exact) mass is 538 g/mol. The topological polar surface area (TPSA) is 105 Å². The highest BCUT2D eigenvalue weighted by atomic mass is 16.5. The Labute approximate surface area is 234 Å². The number of anilines is 1. The van der Waals surface area contributed by atoms with E-state index in [0.29, 0.717) is 29.9 Å². The molecule has 8 heteroatoms. The molecule has 2 saturated heterocycles. The molecule has 2 amide bonds. The maximum atomic E-state index is 13.4. The lowest BCUT2D eigenvalue weighted by Crippen LogP contribution is -2.45. The van der Waals surface area contributed by atoms with E-state index in [0.717, 1.165) is 35.2 Å². The summed E-state index contributed by atoms with van der Waals surface area (Å²) in [6, 6.07) is 15.0. The first-order valence-electron chi connectivity index (χ1n) is 13.5. The Balaban J connectivity index is 1.38. The van der Waals surface area contributed by atoms with Crippen molar-refractivity contribution < 1.29 is 19.1 Å². The number of hydrogen-bond donors (Lipinski definition) is 1. The summed E-state index contributed by atoms with van der Waals surface area (Å²) >= 11 is 0. The third kappa shape index (κ3) is 5.43. The molecule has 40 heavy (non-hydrogen) atoms. The number of benzene rings is 2. The van der Waals surface area contributed by atoms with Crippen LogP contribution in [0, 0.1) is 18.3 Å². The van der Waals surface area contributed by atoms with Crippen LogP contribution in [-0.4, -0.2) is 54.1 Å². The fourth-order valence-electron chi connectivity index (χ4n) is 5.38. The molecule has 206 valence electrons. The van der Waals surface area contributed by atoms with Crippen LogP contribution < -0.4 is 10.1 Å². The molecule has 2 aliphatic rings. The summed E-state index contributed by atoms with van der Waals surface area (Å²) in [5.74, 6) is -0.135. The summed E-state index contributed by atoms with van der Waals surface area (Å²) in [6.45, 7) is 9.26. The quantitative estimate of drug-likeness (QED) is 0.461. The first-order valence-corrected chi connectivity index (χ1v) is 13.5. The zero-order valence-electron chi connectivity index (χ0n) is 23.6. The summed E-state index contributed by atoms with van der Waals surface area (Å²) in [6.07, 6.45) is 3.93. The lowest BCUT2D eigenvalue weighted by Gasteiger charge is -2.32. The molecule has 2 aromatic carbocycles. The molecule has 1 aromatic heterocycles. The molecule has 2 fully saturated rings. The molecule has 0 aliphatic carbocycles. The van der Waals surface area contributed by atoms with Crippen LogP contribution in [0.4, 0.5) is 5.69 Å². The number of carbonyl (C=O) groups excluding carboxylic acids is 2. The van der Waals surface area contributed by atoms with Gasteiger partial charge in [0.2, 0.25) is 0 Å². The van der Waals surface area contributed by atoms with Crippen LogP contribution in [-0.2, 0) is 10.2 Å². The van der Waals surface area contributed by atoms with E-state index in [1.165, 1.54) is 7.11 Å². The van der Waals surface area contributed by atoms with Crippen molar-refractivity contribution in [3.8, 4) is 22.9 Å². The van der Waals surface area contributed by atoms with Crippen molar-refractivity contribution in [3.05, 3.63) is 76.6 Å². The lowest BCUT2D eigenvalue weighted by molar-refractivity contribution is -0.0303. The van der Waals surface area contributed by atoms with Crippen molar-refractivity contribution in [2.75, 3.05) is 25.5 Å². The number of rotatable bonds is 5. The number of aryl methyl sites for hydroxylation is 1. The van der Waals surface area contributed by atoms with Crippen LogP contribution in [0.15, 0.2) is 48.7 Å². The van der Waals surface area contributed by atoms with Crippen molar-refractivity contribution in [1.82, 2.24) is 9.88 Å². The zero-order valence-corrected chi connectivity index (χ0v) is 23.6. The minimum atomic E-state index is -0.392. The third-order valence-electron chi connectivity index (χ3n) is 7.64. The fraction of sp³-hybridized carbons (Fsp3) is 0.375. The molecule has 0 spiro atoms. The average Bonchev–Trinajstić information content (AvgIpc) is 3.29. The summed E-state index contributed by atoms with van der Waals surface area (Å²) < 4.78 is 11.3. The van der Waals surface area contributed by atoms with Crippen LogP contribution in [0.2, 0.25) is 0 Å². The SMILES string of the molecule is COc1c(C#N)cc(C(C)(C)C)cc1C(=O)Nc1cnc(C)c(-c2ccc(C(=O)N3CC4CCC(C3)O4)cc2)c1. The molecule has 2 unspecified atom stereocenters. The highest BCUT2D eigenvalue weighted by Crippen LogP contribution is 2.33. The molecule has 3 aromatic rings. The number of ether oxygens (including phenoxy) is 2. The normalized spacial score (nSPS) is 18.2. The molecule has 2 atom stereocenters. The van der Waals surface area contributed by atoms with E-state index >= 15 is 0 Å². The van der Waals surface area contributed by atoms with Gasteiger partial charge in [0.1, 0.15) is 11.8 Å². The number of fused-ring (bicyclic) bond motifs is 2. The van der Waals surface area contributed by atoms with Crippen molar-refractivity contribution in [1.29, 1.82) is 5.26 Å². The highest BCUT2D eigenvalue weighted by Gasteiger charge is 2.36. The van der Waals surface area contributed by atoms with Crippen LogP contribution >= 0.6 is 0 Å². The lowest BCUT2D eigenvalue weighted by atomic mass is 9.84. The first kappa shape index (κ1) is 27.4. The second-order valence-electron chi connectivity index (χ2n) is 11.5. The van der Waals surface area contributed by atoms with Gasteiger partial charge in [-0.3, -0.25) is 14.6 Å². The number of amides is 2. The largest absolute Gasteiger partial charge is 0.495 e. The van der Waals surface area contributed by atoms with Crippen molar-refractivity contribution in [2.45, 2.75) is 58.2 Å². The fourth-order valence-corrected chi connectivity index (χ4v) is 5.38. The van der Waals surface area contributed by atoms with Gasteiger partial charge >= 0.3 is 0 Å². The Hall–Kier alpha value is -4.22. The smallest absolute Gasteiger partial charge is 0.259 e. The van der Waals surface area contributed by atoms with Gasteiger partial charge in [-0.05, 0) is 66.6 Å². The second kappa shape index (κ2) is 10.7. The Morgan fingerprint density at radius 1 is 1.10 bits per heavy atom. The highest BCUT2D eigenvalue weighted by molar-refractivity contribution is 6.07.